The molecule has 3 aromatic heterocycles. The van der Waals surface area contributed by atoms with Crippen LogP contribution < -0.4 is 4.57 Å². The van der Waals surface area contributed by atoms with Gasteiger partial charge >= 0.3 is 5.88 Å². The lowest BCUT2D eigenvalue weighted by atomic mass is 10.3. The van der Waals surface area contributed by atoms with Crippen molar-refractivity contribution in [3.8, 4) is 5.88 Å². The molecule has 0 amide bonds. The summed E-state index contributed by atoms with van der Waals surface area (Å²) in [6, 6.07) is 3.98. The molecule has 3 aromatic rings. The van der Waals surface area contributed by atoms with E-state index in [0.29, 0.717) is 0 Å². The quantitative estimate of drug-likeness (QED) is 0.717. The second-order valence-corrected chi connectivity index (χ2v) is 5.66. The van der Waals surface area contributed by atoms with Crippen molar-refractivity contribution in [2.24, 2.45) is 0 Å². The maximum absolute atomic E-state index is 9.93. The fourth-order valence-electron chi connectivity index (χ4n) is 2.19. The van der Waals surface area contributed by atoms with E-state index in [1.807, 2.05) is 38.4 Å². The lowest BCUT2D eigenvalue weighted by molar-refractivity contribution is -0.661. The number of hydrogen-bond donors (Lipinski definition) is 1. The van der Waals surface area contributed by atoms with Gasteiger partial charge in [-0.1, -0.05) is 0 Å². The molecule has 0 saturated carbocycles. The van der Waals surface area contributed by atoms with Crippen molar-refractivity contribution in [2.45, 2.75) is 20.4 Å². The summed E-state index contributed by atoms with van der Waals surface area (Å²) in [5.74, 6) is 0.259. The Bertz CT molecular complexity index is 714. The summed E-state index contributed by atoms with van der Waals surface area (Å²) in [7, 11) is 0. The predicted octanol–water partition coefficient (Wildman–Crippen LogP) is 2.05. The van der Waals surface area contributed by atoms with E-state index in [9.17, 15) is 5.11 Å². The minimum absolute atomic E-state index is 0.259. The van der Waals surface area contributed by atoms with Crippen LogP contribution in [-0.4, -0.2) is 14.5 Å². The van der Waals surface area contributed by atoms with Gasteiger partial charge in [-0.25, -0.2) is 9.55 Å². The van der Waals surface area contributed by atoms with E-state index in [0.717, 1.165) is 22.8 Å². The number of fused-ring (bicyclic) bond motifs is 1. The number of rotatable bonds is 2. The van der Waals surface area contributed by atoms with E-state index < -0.39 is 0 Å². The van der Waals surface area contributed by atoms with Crippen LogP contribution in [0.1, 0.15) is 15.4 Å². The first kappa shape index (κ1) is 11.2. The number of nitrogens with zero attached hydrogens (tertiary/aromatic N) is 3. The monoisotopic (exact) mass is 260 g/mol. The van der Waals surface area contributed by atoms with E-state index in [1.54, 1.807) is 21.9 Å². The average molecular weight is 260 g/mol. The number of pyridine rings is 1. The summed E-state index contributed by atoms with van der Waals surface area (Å²) in [4.78, 5) is 5.45. The number of aromatic hydroxyl groups is 1. The highest BCUT2D eigenvalue weighted by Gasteiger charge is 2.18. The zero-order valence-corrected chi connectivity index (χ0v) is 11.1. The Morgan fingerprint density at radius 2 is 2.28 bits per heavy atom. The molecule has 0 atom stereocenters. The fraction of sp³-hybridized carbons (Fsp3) is 0.231. The van der Waals surface area contributed by atoms with Crippen molar-refractivity contribution in [3.63, 3.8) is 0 Å². The highest BCUT2D eigenvalue weighted by molar-refractivity contribution is 7.11. The molecular weight excluding hydrogens is 246 g/mol. The van der Waals surface area contributed by atoms with Crippen molar-refractivity contribution in [1.82, 2.24) is 9.38 Å². The Morgan fingerprint density at radius 1 is 1.44 bits per heavy atom. The zero-order valence-electron chi connectivity index (χ0n) is 10.3. The molecule has 0 radical (unpaired) electrons. The molecule has 0 aliphatic heterocycles. The van der Waals surface area contributed by atoms with Crippen LogP contribution in [0.4, 0.5) is 0 Å². The molecule has 0 fully saturated rings. The topological polar surface area (TPSA) is 41.4 Å². The molecule has 0 bridgehead atoms. The van der Waals surface area contributed by atoms with Gasteiger partial charge in [-0.2, -0.15) is 4.40 Å². The number of aromatic nitrogens is 3. The Labute approximate surface area is 109 Å². The van der Waals surface area contributed by atoms with Gasteiger partial charge in [0.15, 0.2) is 6.20 Å². The van der Waals surface area contributed by atoms with Gasteiger partial charge < -0.3 is 5.11 Å². The second-order valence-electron chi connectivity index (χ2n) is 4.35. The van der Waals surface area contributed by atoms with Gasteiger partial charge in [0.2, 0.25) is 0 Å². The summed E-state index contributed by atoms with van der Waals surface area (Å²) in [6.07, 6.45) is 5.52. The number of aryl methyl sites for hydroxylation is 2. The Hall–Kier alpha value is -1.88. The molecular formula is C13H14N3OS+. The van der Waals surface area contributed by atoms with Crippen LogP contribution in [0.15, 0.2) is 30.7 Å². The van der Waals surface area contributed by atoms with Gasteiger partial charge in [-0.3, -0.25) is 0 Å². The van der Waals surface area contributed by atoms with Crippen LogP contribution in [0.25, 0.3) is 5.65 Å². The third-order valence-electron chi connectivity index (χ3n) is 2.95. The molecule has 0 spiro atoms. The molecule has 0 aromatic carbocycles. The number of thiazole rings is 1. The van der Waals surface area contributed by atoms with E-state index in [-0.39, 0.29) is 5.88 Å². The average Bonchev–Trinajstić information content (AvgIpc) is 2.86. The Balaban J connectivity index is 2.12. The Kier molecular flexibility index (Phi) is 2.56. The maximum Gasteiger partial charge on any atom is 0.327 e. The van der Waals surface area contributed by atoms with Crippen LogP contribution in [-0.2, 0) is 6.54 Å². The highest BCUT2D eigenvalue weighted by Crippen LogP contribution is 2.16. The normalized spacial score (nSPS) is 11.2. The van der Waals surface area contributed by atoms with Crippen LogP contribution in [0.2, 0.25) is 0 Å². The molecule has 4 nitrogen and oxygen atoms in total. The molecule has 0 aliphatic rings. The predicted molar refractivity (Wildman–Crippen MR) is 69.9 cm³/mol. The molecule has 5 heteroatoms. The summed E-state index contributed by atoms with van der Waals surface area (Å²) >= 11 is 1.68. The number of hydrogen-bond acceptors (Lipinski definition) is 3. The van der Waals surface area contributed by atoms with E-state index in [2.05, 4.69) is 9.55 Å². The zero-order chi connectivity index (χ0) is 12.7. The van der Waals surface area contributed by atoms with Crippen LogP contribution >= 0.6 is 11.3 Å². The van der Waals surface area contributed by atoms with Crippen molar-refractivity contribution in [3.05, 3.63) is 46.2 Å². The first-order valence-electron chi connectivity index (χ1n) is 5.75. The summed E-state index contributed by atoms with van der Waals surface area (Å²) in [6.45, 7) is 4.78. The smallest absolute Gasteiger partial charge is 0.327 e. The van der Waals surface area contributed by atoms with Gasteiger partial charge in [0.05, 0.1) is 16.1 Å². The van der Waals surface area contributed by atoms with Crippen LogP contribution in [0.5, 0.6) is 5.88 Å². The lowest BCUT2D eigenvalue weighted by Crippen LogP contribution is -2.33. The highest BCUT2D eigenvalue weighted by atomic mass is 32.1. The maximum atomic E-state index is 9.93. The lowest BCUT2D eigenvalue weighted by Gasteiger charge is -1.96. The molecule has 1 N–H and O–H groups in total. The summed E-state index contributed by atoms with van der Waals surface area (Å²) in [5.41, 5.74) is 2.15. The van der Waals surface area contributed by atoms with E-state index in [1.165, 1.54) is 4.88 Å². The first-order chi connectivity index (χ1) is 8.65. The molecule has 92 valence electrons. The summed E-state index contributed by atoms with van der Waals surface area (Å²) in [5, 5.41) is 11.0. The van der Waals surface area contributed by atoms with Gasteiger partial charge in [-0.15, -0.1) is 11.3 Å². The van der Waals surface area contributed by atoms with Crippen molar-refractivity contribution >= 4 is 17.0 Å². The van der Waals surface area contributed by atoms with Gasteiger partial charge in [-0.05, 0) is 26.0 Å². The van der Waals surface area contributed by atoms with E-state index >= 15 is 0 Å². The minimum atomic E-state index is 0.259. The van der Waals surface area contributed by atoms with Crippen molar-refractivity contribution in [1.29, 1.82) is 0 Å². The van der Waals surface area contributed by atoms with Crippen LogP contribution in [0.3, 0.4) is 0 Å². The molecule has 0 unspecified atom stereocenters. The van der Waals surface area contributed by atoms with Crippen molar-refractivity contribution in [2.75, 3.05) is 0 Å². The van der Waals surface area contributed by atoms with Gasteiger partial charge in [0.1, 0.15) is 6.54 Å². The van der Waals surface area contributed by atoms with Gasteiger partial charge in [0.25, 0.3) is 5.65 Å². The van der Waals surface area contributed by atoms with Crippen LogP contribution in [0, 0.1) is 13.8 Å². The standard InChI is InChI=1S/C13H13N3OS/c1-9-4-3-5-16-12(17)8-15(13(9)16)7-11-6-14-10(2)18-11/h3-6,8H,7H2,1-2H3/p+1. The minimum Gasteiger partial charge on any atom is -0.475 e. The van der Waals surface area contributed by atoms with Crippen molar-refractivity contribution < 1.29 is 9.67 Å². The molecule has 3 heterocycles. The largest absolute Gasteiger partial charge is 0.475 e. The number of imidazole rings is 1. The summed E-state index contributed by atoms with van der Waals surface area (Å²) < 4.78 is 3.85. The second kappa shape index (κ2) is 4.10. The Morgan fingerprint density at radius 3 is 3.00 bits per heavy atom. The van der Waals surface area contributed by atoms with Gasteiger partial charge in [0, 0.05) is 11.8 Å². The molecule has 0 aliphatic carbocycles. The molecule has 0 saturated heterocycles. The molecule has 3 rings (SSSR count). The third kappa shape index (κ3) is 1.76. The molecule has 18 heavy (non-hydrogen) atoms. The fourth-order valence-corrected chi connectivity index (χ4v) is 2.98. The SMILES string of the molecule is Cc1ncc(C[n+]2cc(O)n3cccc(C)c32)s1. The van der Waals surface area contributed by atoms with E-state index in [4.69, 9.17) is 0 Å². The third-order valence-corrected chi connectivity index (χ3v) is 3.85. The first-order valence-corrected chi connectivity index (χ1v) is 6.57.